The van der Waals surface area contributed by atoms with E-state index in [0.29, 0.717) is 21.4 Å². The highest BCUT2D eigenvalue weighted by atomic mass is 32.1. The zero-order valence-corrected chi connectivity index (χ0v) is 14.5. The highest BCUT2D eigenvalue weighted by Crippen LogP contribution is 2.47. The van der Waals surface area contributed by atoms with E-state index in [1.807, 2.05) is 11.4 Å². The number of fused-ring (bicyclic) bond motifs is 1. The summed E-state index contributed by atoms with van der Waals surface area (Å²) in [7, 11) is 2.89. The first-order valence-corrected chi connectivity index (χ1v) is 8.30. The maximum absolute atomic E-state index is 12.7. The molecule has 0 atom stereocenters. The predicted molar refractivity (Wildman–Crippen MR) is 98.1 cm³/mol. The van der Waals surface area contributed by atoms with E-state index in [0.717, 1.165) is 0 Å². The number of hydrogen-bond acceptors (Lipinski definition) is 6. The third kappa shape index (κ3) is 3.04. The van der Waals surface area contributed by atoms with Crippen molar-refractivity contribution in [1.82, 2.24) is 0 Å². The molecule has 0 aliphatic carbocycles. The van der Waals surface area contributed by atoms with E-state index in [9.17, 15) is 15.0 Å². The van der Waals surface area contributed by atoms with Crippen LogP contribution in [0.3, 0.4) is 0 Å². The van der Waals surface area contributed by atoms with Crippen LogP contribution >= 0.6 is 11.3 Å². The molecule has 0 spiro atoms. The van der Waals surface area contributed by atoms with E-state index in [1.165, 1.54) is 37.7 Å². The summed E-state index contributed by atoms with van der Waals surface area (Å²) >= 11 is 1.39. The van der Waals surface area contributed by atoms with Gasteiger partial charge in [-0.15, -0.1) is 11.3 Å². The van der Waals surface area contributed by atoms with Crippen LogP contribution in [-0.4, -0.2) is 30.2 Å². The average molecular weight is 356 g/mol. The highest BCUT2D eigenvalue weighted by molar-refractivity contribution is 7.17. The number of thiophene rings is 1. The van der Waals surface area contributed by atoms with Crippen molar-refractivity contribution in [2.75, 3.05) is 14.2 Å². The first-order valence-electron chi connectivity index (χ1n) is 7.42. The molecule has 1 aromatic heterocycles. The van der Waals surface area contributed by atoms with Gasteiger partial charge in [0.1, 0.15) is 17.1 Å². The third-order valence-electron chi connectivity index (χ3n) is 3.75. The second-order valence-corrected chi connectivity index (χ2v) is 6.16. The number of hydrogen-bond donors (Lipinski definition) is 2. The van der Waals surface area contributed by atoms with Crippen molar-refractivity contribution in [3.8, 4) is 23.0 Å². The number of rotatable bonds is 5. The lowest BCUT2D eigenvalue weighted by molar-refractivity contribution is 0.104. The molecular weight excluding hydrogens is 340 g/mol. The molecule has 0 bridgehead atoms. The van der Waals surface area contributed by atoms with Crippen molar-refractivity contribution in [2.45, 2.75) is 0 Å². The van der Waals surface area contributed by atoms with Crippen molar-refractivity contribution in [3.05, 3.63) is 52.9 Å². The standard InChI is InChI=1S/C19H16O5S/c1-23-17-13-8-9-25-19(13)18(24-2)16(22)15(17)14(21)7-6-11-4-3-5-12(20)10-11/h3-10,20,22H,1-2H3/b7-6+. The molecule has 3 aromatic rings. The Labute approximate surface area is 148 Å². The summed E-state index contributed by atoms with van der Waals surface area (Å²) in [4.78, 5) is 12.7. The third-order valence-corrected chi connectivity index (χ3v) is 4.66. The van der Waals surface area contributed by atoms with Crippen LogP contribution in [0.1, 0.15) is 15.9 Å². The number of ketones is 1. The van der Waals surface area contributed by atoms with Gasteiger partial charge in [0, 0.05) is 5.39 Å². The minimum absolute atomic E-state index is 0.0432. The van der Waals surface area contributed by atoms with Gasteiger partial charge >= 0.3 is 0 Å². The molecule has 0 aliphatic heterocycles. The van der Waals surface area contributed by atoms with Gasteiger partial charge in [-0.3, -0.25) is 4.79 Å². The summed E-state index contributed by atoms with van der Waals surface area (Å²) in [6.45, 7) is 0. The second kappa shape index (κ2) is 6.86. The summed E-state index contributed by atoms with van der Waals surface area (Å²) in [5, 5.41) is 22.6. The smallest absolute Gasteiger partial charge is 0.193 e. The van der Waals surface area contributed by atoms with Crippen molar-refractivity contribution in [2.24, 2.45) is 0 Å². The van der Waals surface area contributed by atoms with Crippen LogP contribution in [-0.2, 0) is 0 Å². The lowest BCUT2D eigenvalue weighted by Gasteiger charge is -2.13. The van der Waals surface area contributed by atoms with E-state index >= 15 is 0 Å². The predicted octanol–water partition coefficient (Wildman–Crippen LogP) is 4.23. The number of benzene rings is 2. The maximum Gasteiger partial charge on any atom is 0.193 e. The summed E-state index contributed by atoms with van der Waals surface area (Å²) in [6, 6.07) is 8.32. The number of aromatic hydroxyl groups is 2. The minimum atomic E-state index is -0.427. The molecule has 0 saturated carbocycles. The Morgan fingerprint density at radius 2 is 1.88 bits per heavy atom. The maximum atomic E-state index is 12.7. The lowest BCUT2D eigenvalue weighted by atomic mass is 10.0. The van der Waals surface area contributed by atoms with Crippen LogP contribution in [0.2, 0.25) is 0 Å². The van der Waals surface area contributed by atoms with Crippen LogP contribution < -0.4 is 9.47 Å². The van der Waals surface area contributed by atoms with E-state index in [1.54, 1.807) is 24.3 Å². The van der Waals surface area contributed by atoms with Crippen molar-refractivity contribution in [1.29, 1.82) is 0 Å². The van der Waals surface area contributed by atoms with E-state index in [4.69, 9.17) is 9.47 Å². The van der Waals surface area contributed by atoms with Gasteiger partial charge in [-0.05, 0) is 35.2 Å². The fourth-order valence-electron chi connectivity index (χ4n) is 2.64. The Hall–Kier alpha value is -2.99. The first-order chi connectivity index (χ1) is 12.1. The average Bonchev–Trinajstić information content (AvgIpc) is 3.08. The van der Waals surface area contributed by atoms with Crippen molar-refractivity contribution >= 4 is 33.3 Å². The second-order valence-electron chi connectivity index (χ2n) is 5.25. The Bertz CT molecular complexity index is 971. The van der Waals surface area contributed by atoms with Gasteiger partial charge in [-0.1, -0.05) is 18.2 Å². The molecule has 0 fully saturated rings. The quantitative estimate of drug-likeness (QED) is 0.529. The number of allylic oxidation sites excluding steroid dienone is 1. The lowest BCUT2D eigenvalue weighted by Crippen LogP contribution is -2.02. The molecule has 2 N–H and O–H groups in total. The molecule has 0 unspecified atom stereocenters. The SMILES string of the molecule is COc1c(C(=O)/C=C/c2cccc(O)c2)c(O)c(OC)c2sccc12. The number of carbonyl (C=O) groups excluding carboxylic acids is 1. The van der Waals surface area contributed by atoms with Crippen LogP contribution in [0.5, 0.6) is 23.0 Å². The molecule has 3 rings (SSSR count). The van der Waals surface area contributed by atoms with Gasteiger partial charge in [0.25, 0.3) is 0 Å². The molecule has 1 heterocycles. The minimum Gasteiger partial charge on any atom is -0.508 e. The number of carbonyl (C=O) groups is 1. The van der Waals surface area contributed by atoms with Crippen molar-refractivity contribution < 1.29 is 24.5 Å². The topological polar surface area (TPSA) is 76.0 Å². The summed E-state index contributed by atoms with van der Waals surface area (Å²) in [5.41, 5.74) is 0.706. The van der Waals surface area contributed by atoms with E-state index < -0.39 is 5.78 Å². The van der Waals surface area contributed by atoms with Gasteiger partial charge in [0.2, 0.25) is 0 Å². The van der Waals surface area contributed by atoms with Gasteiger partial charge in [0.05, 0.1) is 18.9 Å². The summed E-state index contributed by atoms with van der Waals surface area (Å²) < 4.78 is 11.4. The first kappa shape index (κ1) is 16.9. The Balaban J connectivity index is 2.10. The van der Waals surface area contributed by atoms with Gasteiger partial charge in [0.15, 0.2) is 17.3 Å². The monoisotopic (exact) mass is 356 g/mol. The summed E-state index contributed by atoms with van der Waals surface area (Å²) in [5.74, 6) is -0.0136. The molecule has 0 radical (unpaired) electrons. The fourth-order valence-corrected chi connectivity index (χ4v) is 3.56. The Morgan fingerprint density at radius 1 is 1.12 bits per heavy atom. The number of ether oxygens (including phenoxy) is 2. The number of phenols is 2. The fraction of sp³-hybridized carbons (Fsp3) is 0.105. The van der Waals surface area contributed by atoms with Crippen molar-refractivity contribution in [3.63, 3.8) is 0 Å². The molecule has 25 heavy (non-hydrogen) atoms. The zero-order chi connectivity index (χ0) is 18.0. The Kier molecular flexibility index (Phi) is 4.63. The molecule has 2 aromatic carbocycles. The van der Waals surface area contributed by atoms with Gasteiger partial charge in [-0.2, -0.15) is 0 Å². The van der Waals surface area contributed by atoms with Crippen LogP contribution in [0.25, 0.3) is 16.2 Å². The normalized spacial score (nSPS) is 11.1. The Morgan fingerprint density at radius 3 is 2.56 bits per heavy atom. The van der Waals surface area contributed by atoms with Gasteiger partial charge < -0.3 is 19.7 Å². The molecule has 5 nitrogen and oxygen atoms in total. The zero-order valence-electron chi connectivity index (χ0n) is 13.6. The molecule has 128 valence electrons. The molecule has 6 heteroatoms. The molecule has 0 amide bonds. The number of methoxy groups -OCH3 is 2. The van der Waals surface area contributed by atoms with Crippen LogP contribution in [0, 0.1) is 0 Å². The van der Waals surface area contributed by atoms with Crippen LogP contribution in [0.15, 0.2) is 41.8 Å². The van der Waals surface area contributed by atoms with Gasteiger partial charge in [-0.25, -0.2) is 0 Å². The largest absolute Gasteiger partial charge is 0.508 e. The number of phenolic OH excluding ortho intramolecular Hbond substituents is 2. The highest BCUT2D eigenvalue weighted by Gasteiger charge is 2.25. The van der Waals surface area contributed by atoms with E-state index in [2.05, 4.69) is 0 Å². The van der Waals surface area contributed by atoms with Crippen LogP contribution in [0.4, 0.5) is 0 Å². The molecular formula is C19H16O5S. The molecule has 0 saturated heterocycles. The van der Waals surface area contributed by atoms with E-state index in [-0.39, 0.29) is 22.8 Å². The summed E-state index contributed by atoms with van der Waals surface area (Å²) in [6.07, 6.45) is 2.88. The molecule has 0 aliphatic rings.